The summed E-state index contributed by atoms with van der Waals surface area (Å²) < 4.78 is 0. The molecular weight excluding hydrogens is 216 g/mol. The lowest BCUT2D eigenvalue weighted by atomic mass is 9.38. The SMILES string of the molecule is CC12CC3(C)CC(O)(C1)CC(CC(=O)O)(C2)C3. The lowest BCUT2D eigenvalue weighted by molar-refractivity contribution is -0.227. The third-order valence-corrected chi connectivity index (χ3v) is 5.20. The van der Waals surface area contributed by atoms with Crippen LogP contribution in [0.2, 0.25) is 0 Å². The number of carboxylic acid groups (broad SMARTS) is 1. The molecule has 2 N–H and O–H groups in total. The molecule has 4 aliphatic carbocycles. The summed E-state index contributed by atoms with van der Waals surface area (Å²) in [6, 6.07) is 0. The Morgan fingerprint density at radius 3 is 1.94 bits per heavy atom. The molecule has 4 rings (SSSR count). The first-order valence-corrected chi connectivity index (χ1v) is 6.60. The molecule has 4 saturated carbocycles. The van der Waals surface area contributed by atoms with Crippen LogP contribution >= 0.6 is 0 Å². The van der Waals surface area contributed by atoms with E-state index in [9.17, 15) is 9.90 Å². The number of rotatable bonds is 2. The largest absolute Gasteiger partial charge is 0.481 e. The van der Waals surface area contributed by atoms with E-state index in [2.05, 4.69) is 13.8 Å². The summed E-state index contributed by atoms with van der Waals surface area (Å²) in [6.07, 6.45) is 5.82. The minimum Gasteiger partial charge on any atom is -0.481 e. The molecule has 3 nitrogen and oxygen atoms in total. The summed E-state index contributed by atoms with van der Waals surface area (Å²) in [5.41, 5.74) is -0.409. The van der Waals surface area contributed by atoms with Crippen molar-refractivity contribution in [2.75, 3.05) is 0 Å². The predicted molar refractivity (Wildman–Crippen MR) is 63.6 cm³/mol. The first-order chi connectivity index (χ1) is 7.66. The maximum atomic E-state index is 11.1. The van der Waals surface area contributed by atoms with Gasteiger partial charge in [-0.05, 0) is 54.8 Å². The Balaban J connectivity index is 2.01. The molecule has 4 aliphatic rings. The smallest absolute Gasteiger partial charge is 0.303 e. The summed E-state index contributed by atoms with van der Waals surface area (Å²) in [5.74, 6) is -0.706. The average Bonchev–Trinajstić information content (AvgIpc) is 1.87. The van der Waals surface area contributed by atoms with Crippen molar-refractivity contribution in [3.8, 4) is 0 Å². The van der Waals surface area contributed by atoms with Crippen molar-refractivity contribution in [1.29, 1.82) is 0 Å². The highest BCUT2D eigenvalue weighted by molar-refractivity contribution is 5.68. The number of carboxylic acids is 1. The maximum absolute atomic E-state index is 11.1. The number of hydrogen-bond donors (Lipinski definition) is 2. The molecule has 4 fully saturated rings. The van der Waals surface area contributed by atoms with E-state index in [0.717, 1.165) is 32.1 Å². The molecule has 0 heterocycles. The van der Waals surface area contributed by atoms with E-state index in [1.807, 2.05) is 0 Å². The monoisotopic (exact) mass is 238 g/mol. The third-order valence-electron chi connectivity index (χ3n) is 5.20. The number of aliphatic hydroxyl groups is 1. The second-order valence-electron chi connectivity index (χ2n) is 7.98. The molecular formula is C14H22O3. The van der Waals surface area contributed by atoms with Gasteiger partial charge in [-0.1, -0.05) is 13.8 Å². The van der Waals surface area contributed by atoms with E-state index in [0.29, 0.717) is 6.42 Å². The van der Waals surface area contributed by atoms with Crippen molar-refractivity contribution in [2.24, 2.45) is 16.2 Å². The summed E-state index contributed by atoms with van der Waals surface area (Å²) in [5, 5.41) is 19.9. The molecule has 0 amide bonds. The Kier molecular flexibility index (Phi) is 1.95. The fourth-order valence-corrected chi connectivity index (χ4v) is 6.39. The molecule has 2 atom stereocenters. The minimum absolute atomic E-state index is 0.140. The molecule has 2 unspecified atom stereocenters. The van der Waals surface area contributed by atoms with Gasteiger partial charge in [0.1, 0.15) is 0 Å². The van der Waals surface area contributed by atoms with Gasteiger partial charge in [-0.2, -0.15) is 0 Å². The molecule has 3 heteroatoms. The van der Waals surface area contributed by atoms with Crippen molar-refractivity contribution >= 4 is 5.97 Å². The first kappa shape index (κ1) is 11.5. The number of hydrogen-bond acceptors (Lipinski definition) is 2. The van der Waals surface area contributed by atoms with Crippen LogP contribution in [0, 0.1) is 16.2 Å². The van der Waals surface area contributed by atoms with E-state index in [1.165, 1.54) is 0 Å². The zero-order valence-electron chi connectivity index (χ0n) is 10.8. The summed E-state index contributed by atoms with van der Waals surface area (Å²) in [6.45, 7) is 4.48. The van der Waals surface area contributed by atoms with Gasteiger partial charge in [-0.15, -0.1) is 0 Å². The van der Waals surface area contributed by atoms with Gasteiger partial charge in [0.25, 0.3) is 0 Å². The van der Waals surface area contributed by atoms with E-state index in [-0.39, 0.29) is 22.7 Å². The van der Waals surface area contributed by atoms with Crippen LogP contribution in [0.3, 0.4) is 0 Å². The van der Waals surface area contributed by atoms with E-state index in [1.54, 1.807) is 0 Å². The van der Waals surface area contributed by atoms with Crippen LogP contribution in [0.1, 0.15) is 58.8 Å². The van der Waals surface area contributed by atoms with Crippen LogP contribution in [0.5, 0.6) is 0 Å². The average molecular weight is 238 g/mol. The van der Waals surface area contributed by atoms with Crippen LogP contribution in [0.15, 0.2) is 0 Å². The van der Waals surface area contributed by atoms with Crippen LogP contribution in [-0.2, 0) is 4.79 Å². The fraction of sp³-hybridized carbons (Fsp3) is 0.929. The number of carbonyl (C=O) groups is 1. The molecule has 0 spiro atoms. The first-order valence-electron chi connectivity index (χ1n) is 6.60. The van der Waals surface area contributed by atoms with Gasteiger partial charge in [0.05, 0.1) is 12.0 Å². The van der Waals surface area contributed by atoms with E-state index < -0.39 is 11.6 Å². The van der Waals surface area contributed by atoms with Gasteiger partial charge in [0.2, 0.25) is 0 Å². The lowest BCUT2D eigenvalue weighted by Crippen LogP contribution is -2.62. The van der Waals surface area contributed by atoms with Crippen molar-refractivity contribution in [3.05, 3.63) is 0 Å². The summed E-state index contributed by atoms with van der Waals surface area (Å²) in [7, 11) is 0. The Morgan fingerprint density at radius 2 is 1.53 bits per heavy atom. The van der Waals surface area contributed by atoms with Crippen molar-refractivity contribution in [1.82, 2.24) is 0 Å². The maximum Gasteiger partial charge on any atom is 0.303 e. The quantitative estimate of drug-likeness (QED) is 0.777. The van der Waals surface area contributed by atoms with Crippen molar-refractivity contribution in [2.45, 2.75) is 64.4 Å². The van der Waals surface area contributed by atoms with Gasteiger partial charge >= 0.3 is 5.97 Å². The summed E-state index contributed by atoms with van der Waals surface area (Å²) in [4.78, 5) is 11.1. The number of aliphatic carboxylic acids is 1. The fourth-order valence-electron chi connectivity index (χ4n) is 6.39. The Labute approximate surface area is 102 Å². The predicted octanol–water partition coefficient (Wildman–Crippen LogP) is 2.57. The second-order valence-corrected chi connectivity index (χ2v) is 7.98. The topological polar surface area (TPSA) is 57.5 Å². The van der Waals surface area contributed by atoms with Gasteiger partial charge in [0.15, 0.2) is 0 Å². The standard InChI is InChI=1S/C14H22O3/c1-11-4-12(2)6-13(5-11,3-10(15)16)9-14(17,7-11)8-12/h17H,3-9H2,1-2H3,(H,15,16). The zero-order valence-corrected chi connectivity index (χ0v) is 10.8. The second kappa shape index (κ2) is 2.87. The van der Waals surface area contributed by atoms with Gasteiger partial charge in [-0.25, -0.2) is 0 Å². The zero-order chi connectivity index (χ0) is 12.5. The highest BCUT2D eigenvalue weighted by Gasteiger charge is 2.65. The highest BCUT2D eigenvalue weighted by atomic mass is 16.4. The molecule has 17 heavy (non-hydrogen) atoms. The van der Waals surface area contributed by atoms with Crippen LogP contribution in [0.25, 0.3) is 0 Å². The lowest BCUT2D eigenvalue weighted by Gasteiger charge is -2.68. The van der Waals surface area contributed by atoms with Crippen LogP contribution < -0.4 is 0 Å². The molecule has 0 aliphatic heterocycles. The Hall–Kier alpha value is -0.570. The molecule has 0 aromatic carbocycles. The summed E-state index contributed by atoms with van der Waals surface area (Å²) >= 11 is 0. The van der Waals surface area contributed by atoms with Gasteiger partial charge in [0, 0.05) is 0 Å². The molecule has 0 aromatic rings. The van der Waals surface area contributed by atoms with Crippen molar-refractivity contribution in [3.63, 3.8) is 0 Å². The van der Waals surface area contributed by atoms with E-state index >= 15 is 0 Å². The Morgan fingerprint density at radius 1 is 1.00 bits per heavy atom. The van der Waals surface area contributed by atoms with Crippen LogP contribution in [0.4, 0.5) is 0 Å². The van der Waals surface area contributed by atoms with Crippen LogP contribution in [-0.4, -0.2) is 21.8 Å². The third kappa shape index (κ3) is 1.70. The van der Waals surface area contributed by atoms with Crippen molar-refractivity contribution < 1.29 is 15.0 Å². The Bertz CT molecular complexity index is 333. The molecule has 4 bridgehead atoms. The molecule has 0 radical (unpaired) electrons. The van der Waals surface area contributed by atoms with Gasteiger partial charge in [-0.3, -0.25) is 4.79 Å². The van der Waals surface area contributed by atoms with Gasteiger partial charge < -0.3 is 10.2 Å². The highest BCUT2D eigenvalue weighted by Crippen LogP contribution is 2.71. The van der Waals surface area contributed by atoms with E-state index in [4.69, 9.17) is 5.11 Å². The molecule has 0 saturated heterocycles. The minimum atomic E-state index is -0.706. The molecule has 0 aromatic heterocycles. The normalized spacial score (nSPS) is 56.2. The molecule has 96 valence electrons.